The summed E-state index contributed by atoms with van der Waals surface area (Å²) in [7, 11) is 6.76. The number of aliphatic hydroxyl groups is 3. The Bertz CT molecular complexity index is 1690. The number of likely N-dealkylation sites (N-methyl/N-ethyl adjacent to an activating group) is 1. The molecule has 0 radical (unpaired) electrons. The predicted molar refractivity (Wildman–Crippen MR) is 167 cm³/mol. The van der Waals surface area contributed by atoms with Gasteiger partial charge in [0.15, 0.2) is 11.4 Å². The zero-order valence-corrected chi connectivity index (χ0v) is 24.9. The number of hydrogen-bond acceptors (Lipinski definition) is 11. The van der Waals surface area contributed by atoms with Crippen LogP contribution < -0.4 is 16.0 Å². The fourth-order valence-electron chi connectivity index (χ4n) is 6.92. The highest BCUT2D eigenvalue weighted by Crippen LogP contribution is 2.54. The van der Waals surface area contributed by atoms with Crippen molar-refractivity contribution in [3.63, 3.8) is 0 Å². The van der Waals surface area contributed by atoms with Crippen molar-refractivity contribution in [2.24, 2.45) is 17.6 Å². The number of phenols is 1. The minimum atomic E-state index is -2.69. The average Bonchev–Trinajstić information content (AvgIpc) is 2.96. The van der Waals surface area contributed by atoms with Gasteiger partial charge in [-0.3, -0.25) is 19.3 Å². The Morgan fingerprint density at radius 2 is 1.76 bits per heavy atom. The number of ketones is 2. The first-order valence-electron chi connectivity index (χ1n) is 14.1. The number of hydrogen-bond donors (Lipinski definition) is 6. The van der Waals surface area contributed by atoms with E-state index < -0.39 is 58.0 Å². The first kappa shape index (κ1) is 33.2. The maximum atomic E-state index is 14.1. The van der Waals surface area contributed by atoms with Gasteiger partial charge in [0.1, 0.15) is 22.8 Å². The number of carbonyl (C=O) groups excluding carboxylic acids is 3. The Kier molecular flexibility index (Phi) is 8.86. The number of nitriles is 1. The van der Waals surface area contributed by atoms with E-state index in [0.29, 0.717) is 28.9 Å². The van der Waals surface area contributed by atoms with Crippen LogP contribution in [0.15, 0.2) is 47.2 Å². The zero-order valence-electron chi connectivity index (χ0n) is 24.9. The smallest absolute Gasteiger partial charge is 0.255 e. The maximum Gasteiger partial charge on any atom is 0.255 e. The van der Waals surface area contributed by atoms with E-state index >= 15 is 0 Å². The first-order valence-corrected chi connectivity index (χ1v) is 14.1. The molecule has 1 saturated carbocycles. The fraction of sp³-hybridized carbons (Fsp3) is 0.394. The Labute approximate surface area is 261 Å². The van der Waals surface area contributed by atoms with Crippen LogP contribution in [-0.2, 0) is 33.9 Å². The number of phenolic OH excluding ortho intramolecular Hbond substituents is 1. The number of amides is 1. The number of aliphatic hydroxyl groups excluding tert-OH is 2. The van der Waals surface area contributed by atoms with Crippen molar-refractivity contribution >= 4 is 28.9 Å². The number of nitrogens with one attached hydrogen (secondary N) is 1. The second-order valence-electron chi connectivity index (χ2n) is 12.0. The monoisotopic (exact) mass is 617 g/mol. The van der Waals surface area contributed by atoms with Crippen LogP contribution in [0.3, 0.4) is 0 Å². The van der Waals surface area contributed by atoms with Crippen LogP contribution >= 0.6 is 0 Å². The number of rotatable bonds is 7. The van der Waals surface area contributed by atoms with Crippen LogP contribution in [0, 0.1) is 23.2 Å². The highest BCUT2D eigenvalue weighted by Gasteiger charge is 2.64. The topological polar surface area (TPSA) is 200 Å². The minimum absolute atomic E-state index is 0. The summed E-state index contributed by atoms with van der Waals surface area (Å²) >= 11 is 0. The van der Waals surface area contributed by atoms with Crippen LogP contribution in [-0.4, -0.2) is 82.6 Å². The second-order valence-corrected chi connectivity index (χ2v) is 12.0. The summed E-state index contributed by atoms with van der Waals surface area (Å²) in [4.78, 5) is 42.9. The van der Waals surface area contributed by atoms with E-state index in [1.165, 1.54) is 4.90 Å². The molecule has 1 fully saturated rings. The molecule has 3 aliphatic carbocycles. The second kappa shape index (κ2) is 12.0. The Balaban J connectivity index is 0.00000461. The molecule has 4 atom stereocenters. The number of carbonyl (C=O) groups is 3. The molecule has 3 aliphatic rings. The number of nitrogens with zero attached hydrogens (tertiary/aromatic N) is 3. The standard InChI is InChI=1S/C32H35N5O7.CH4/c1-36(2)21-11-18(14-35-13-16-7-5-15(12-33)6-8-16)26(38)23-19(21)9-17-10-20-25(37(3)4)28(40)24(31(34)43)30(42)32(20,44)29(41)22(17)27(23)39;/h5-8,11,17,20,25,35,38-39,42,44H,9-10,13-14H2,1-4H3,(H2,34,43);1H4/t17-,20-,25?,32-;/m0./s1. The van der Waals surface area contributed by atoms with Gasteiger partial charge in [-0.25, -0.2) is 0 Å². The summed E-state index contributed by atoms with van der Waals surface area (Å²) in [6.07, 6.45) is 0.224. The van der Waals surface area contributed by atoms with E-state index in [-0.39, 0.29) is 43.7 Å². The summed E-state index contributed by atoms with van der Waals surface area (Å²) in [5, 5.41) is 58.2. The molecular weight excluding hydrogens is 578 g/mol. The number of fused-ring (bicyclic) bond motifs is 3. The quantitative estimate of drug-likeness (QED) is 0.248. The van der Waals surface area contributed by atoms with Crippen LogP contribution in [0.4, 0.5) is 5.69 Å². The predicted octanol–water partition coefficient (Wildman–Crippen LogP) is 1.83. The highest BCUT2D eigenvalue weighted by molar-refractivity contribution is 6.24. The fourth-order valence-corrected chi connectivity index (χ4v) is 6.92. The zero-order chi connectivity index (χ0) is 32.2. The number of primary amides is 1. The molecule has 0 aliphatic heterocycles. The molecule has 5 rings (SSSR count). The molecule has 0 spiro atoms. The molecule has 1 unspecified atom stereocenters. The Hall–Kier alpha value is -4.70. The summed E-state index contributed by atoms with van der Waals surface area (Å²) in [6, 6.07) is 9.79. The molecule has 0 heterocycles. The van der Waals surface area contributed by atoms with Crippen molar-refractivity contribution in [1.29, 1.82) is 5.26 Å². The lowest BCUT2D eigenvalue weighted by atomic mass is 9.57. The summed E-state index contributed by atoms with van der Waals surface area (Å²) in [5.41, 5.74) is 4.91. The van der Waals surface area contributed by atoms with Crippen molar-refractivity contribution in [3.8, 4) is 11.8 Å². The molecule has 1 amide bonds. The third-order valence-electron chi connectivity index (χ3n) is 8.99. The van der Waals surface area contributed by atoms with E-state index in [4.69, 9.17) is 11.0 Å². The molecule has 238 valence electrons. The third kappa shape index (κ3) is 5.12. The summed E-state index contributed by atoms with van der Waals surface area (Å²) in [5.74, 6) is -6.80. The van der Waals surface area contributed by atoms with Crippen LogP contribution in [0.5, 0.6) is 5.75 Å². The van der Waals surface area contributed by atoms with Gasteiger partial charge in [-0.1, -0.05) is 19.6 Å². The molecular formula is C33H39N5O7. The SMILES string of the molecule is C.CN(C)c1cc(CNCc2ccc(C#N)cc2)c(O)c2c1C[C@H]1C[C@H]3C(N(C)C)C(=O)C(C(N)=O)=C(O)[C@@]3(O)C(=O)C1=C2O. The molecule has 0 saturated heterocycles. The normalized spacial score (nSPS) is 24.0. The minimum Gasteiger partial charge on any atom is -0.508 e. The molecule has 12 nitrogen and oxygen atoms in total. The van der Waals surface area contributed by atoms with E-state index in [1.54, 1.807) is 32.3 Å². The van der Waals surface area contributed by atoms with E-state index in [2.05, 4.69) is 11.4 Å². The van der Waals surface area contributed by atoms with E-state index in [1.807, 2.05) is 31.1 Å². The third-order valence-corrected chi connectivity index (χ3v) is 8.99. The van der Waals surface area contributed by atoms with Gasteiger partial charge in [-0.2, -0.15) is 5.26 Å². The van der Waals surface area contributed by atoms with Crippen molar-refractivity contribution in [2.45, 2.75) is 45.0 Å². The molecule has 0 aromatic heterocycles. The number of Topliss-reactive ketones (excluding diaryl/α,β-unsaturated/α-hetero) is 2. The van der Waals surface area contributed by atoms with E-state index in [0.717, 1.165) is 5.56 Å². The lowest BCUT2D eigenvalue weighted by Gasteiger charge is -2.50. The lowest BCUT2D eigenvalue weighted by molar-refractivity contribution is -0.153. The van der Waals surface area contributed by atoms with Crippen molar-refractivity contribution < 1.29 is 34.8 Å². The summed E-state index contributed by atoms with van der Waals surface area (Å²) in [6.45, 7) is 0.630. The number of nitrogens with two attached hydrogens (primary N) is 1. The maximum absolute atomic E-state index is 14.1. The van der Waals surface area contributed by atoms with Crippen molar-refractivity contribution in [3.05, 3.63) is 75.1 Å². The molecule has 12 heteroatoms. The van der Waals surface area contributed by atoms with Gasteiger partial charge < -0.3 is 36.4 Å². The van der Waals surface area contributed by atoms with Crippen LogP contribution in [0.25, 0.3) is 5.76 Å². The molecule has 2 aromatic rings. The Morgan fingerprint density at radius 3 is 2.31 bits per heavy atom. The van der Waals surface area contributed by atoms with Gasteiger partial charge in [-0.15, -0.1) is 0 Å². The van der Waals surface area contributed by atoms with Gasteiger partial charge in [-0.05, 0) is 62.2 Å². The lowest BCUT2D eigenvalue weighted by Crippen LogP contribution is -2.65. The van der Waals surface area contributed by atoms with Crippen LogP contribution in [0.2, 0.25) is 0 Å². The van der Waals surface area contributed by atoms with E-state index in [9.17, 15) is 34.8 Å². The van der Waals surface area contributed by atoms with Crippen molar-refractivity contribution in [1.82, 2.24) is 10.2 Å². The van der Waals surface area contributed by atoms with Gasteiger partial charge in [0.25, 0.3) is 5.91 Å². The molecule has 7 N–H and O–H groups in total. The van der Waals surface area contributed by atoms with Gasteiger partial charge in [0, 0.05) is 49.9 Å². The summed E-state index contributed by atoms with van der Waals surface area (Å²) < 4.78 is 0. The number of anilines is 1. The number of aromatic hydroxyl groups is 1. The largest absolute Gasteiger partial charge is 0.508 e. The van der Waals surface area contributed by atoms with Gasteiger partial charge in [0.2, 0.25) is 5.78 Å². The molecule has 0 bridgehead atoms. The molecule has 45 heavy (non-hydrogen) atoms. The first-order chi connectivity index (χ1) is 20.7. The number of benzene rings is 2. The Morgan fingerprint density at radius 1 is 1.11 bits per heavy atom. The highest BCUT2D eigenvalue weighted by atomic mass is 16.3. The molecule has 2 aromatic carbocycles. The average molecular weight is 618 g/mol. The van der Waals surface area contributed by atoms with Gasteiger partial charge >= 0.3 is 0 Å². The van der Waals surface area contributed by atoms with Gasteiger partial charge in [0.05, 0.1) is 23.2 Å². The van der Waals surface area contributed by atoms with Crippen LogP contribution in [0.1, 0.15) is 41.7 Å². The van der Waals surface area contributed by atoms with Crippen molar-refractivity contribution in [2.75, 3.05) is 33.1 Å².